The first-order chi connectivity index (χ1) is 14.9. The van der Waals surface area contributed by atoms with Crippen LogP contribution < -0.4 is 5.32 Å². The minimum Gasteiger partial charge on any atom is -0.343 e. The van der Waals surface area contributed by atoms with Crippen molar-refractivity contribution >= 4 is 62.6 Å². The molecule has 2 heterocycles. The van der Waals surface area contributed by atoms with Gasteiger partial charge in [0.25, 0.3) is 0 Å². The number of nitrogens with zero attached hydrogens (tertiary/aromatic N) is 4. The van der Waals surface area contributed by atoms with E-state index >= 15 is 0 Å². The summed E-state index contributed by atoms with van der Waals surface area (Å²) in [6.07, 6.45) is 0. The van der Waals surface area contributed by atoms with Gasteiger partial charge in [0, 0.05) is 30.2 Å². The highest BCUT2D eigenvalue weighted by molar-refractivity contribution is 8.01. The molecule has 0 atom stereocenters. The van der Waals surface area contributed by atoms with E-state index < -0.39 is 0 Å². The van der Waals surface area contributed by atoms with Gasteiger partial charge in [-0.15, -0.1) is 11.3 Å². The minimum absolute atomic E-state index is 0.115. The zero-order chi connectivity index (χ0) is 22.4. The summed E-state index contributed by atoms with van der Waals surface area (Å²) in [6.45, 7) is 9.21. The first kappa shape index (κ1) is 23.5. The van der Waals surface area contributed by atoms with E-state index in [0.717, 1.165) is 31.6 Å². The van der Waals surface area contributed by atoms with Gasteiger partial charge in [0.05, 0.1) is 21.7 Å². The van der Waals surface area contributed by atoms with Crippen molar-refractivity contribution in [1.82, 2.24) is 19.9 Å². The Hall–Kier alpha value is -2.17. The molecule has 3 aromatic rings. The Balaban J connectivity index is 1.58. The lowest BCUT2D eigenvalue weighted by atomic mass is 10.3. The second-order valence-electron chi connectivity index (χ2n) is 6.79. The lowest BCUT2D eigenvalue weighted by Gasteiger charge is -2.17. The number of rotatable bonds is 9. The van der Waals surface area contributed by atoms with Crippen LogP contribution in [0.3, 0.4) is 0 Å². The number of amides is 2. The minimum atomic E-state index is -0.115. The third-order valence-electron chi connectivity index (χ3n) is 4.38. The molecule has 0 aliphatic rings. The molecule has 0 aliphatic heterocycles. The molecule has 0 fully saturated rings. The van der Waals surface area contributed by atoms with E-state index in [2.05, 4.69) is 20.3 Å². The van der Waals surface area contributed by atoms with Gasteiger partial charge in [-0.25, -0.2) is 15.0 Å². The molecule has 1 aromatic carbocycles. The van der Waals surface area contributed by atoms with Gasteiger partial charge in [0.15, 0.2) is 9.50 Å². The Morgan fingerprint density at radius 3 is 2.39 bits per heavy atom. The van der Waals surface area contributed by atoms with E-state index in [1.165, 1.54) is 34.9 Å². The molecule has 31 heavy (non-hydrogen) atoms. The van der Waals surface area contributed by atoms with Crippen LogP contribution in [0.25, 0.3) is 10.2 Å². The number of hydrogen-bond acceptors (Lipinski definition) is 8. The highest BCUT2D eigenvalue weighted by atomic mass is 32.2. The standard InChI is InChI=1S/C21H25N5O2S3/c1-5-26(6-2)19(28)12-30-21-25-16-8-7-15(10-17(16)31-21)24-18(27)11-29-20-22-13(3)9-14(4)23-20/h7-10H,5-6,11-12H2,1-4H3,(H,24,27). The van der Waals surface area contributed by atoms with Crippen molar-refractivity contribution in [2.24, 2.45) is 0 Å². The van der Waals surface area contributed by atoms with Crippen molar-refractivity contribution in [2.75, 3.05) is 29.9 Å². The number of thioether (sulfide) groups is 2. The van der Waals surface area contributed by atoms with Crippen LogP contribution in [0, 0.1) is 13.8 Å². The van der Waals surface area contributed by atoms with Gasteiger partial charge in [0.2, 0.25) is 11.8 Å². The van der Waals surface area contributed by atoms with E-state index in [1.54, 1.807) is 0 Å². The second kappa shape index (κ2) is 10.9. The summed E-state index contributed by atoms with van der Waals surface area (Å²) in [5, 5.41) is 3.52. The Labute approximate surface area is 194 Å². The topological polar surface area (TPSA) is 88.1 Å². The van der Waals surface area contributed by atoms with Gasteiger partial charge in [-0.1, -0.05) is 23.5 Å². The monoisotopic (exact) mass is 475 g/mol. The molecule has 0 aliphatic carbocycles. The van der Waals surface area contributed by atoms with Crippen molar-refractivity contribution in [1.29, 1.82) is 0 Å². The normalized spacial score (nSPS) is 11.0. The summed E-state index contributed by atoms with van der Waals surface area (Å²) in [7, 11) is 0. The van der Waals surface area contributed by atoms with Crippen LogP contribution in [0.2, 0.25) is 0 Å². The number of anilines is 1. The molecule has 0 saturated heterocycles. The Morgan fingerprint density at radius 1 is 1.00 bits per heavy atom. The molecule has 0 bridgehead atoms. The van der Waals surface area contributed by atoms with E-state index in [4.69, 9.17) is 0 Å². The number of aryl methyl sites for hydroxylation is 2. The third-order valence-corrected chi connectivity index (χ3v) is 7.38. The number of fused-ring (bicyclic) bond motifs is 1. The number of hydrogen-bond donors (Lipinski definition) is 1. The van der Waals surface area contributed by atoms with Crippen LogP contribution in [-0.4, -0.2) is 56.3 Å². The highest BCUT2D eigenvalue weighted by Gasteiger charge is 2.13. The van der Waals surface area contributed by atoms with Crippen LogP contribution in [0.5, 0.6) is 0 Å². The summed E-state index contributed by atoms with van der Waals surface area (Å²) in [5.74, 6) is 0.615. The fraction of sp³-hybridized carbons (Fsp3) is 0.381. The highest BCUT2D eigenvalue weighted by Crippen LogP contribution is 2.31. The molecule has 0 unspecified atom stereocenters. The molecular weight excluding hydrogens is 450 g/mol. The summed E-state index contributed by atoms with van der Waals surface area (Å²) in [5.41, 5.74) is 3.36. The molecule has 10 heteroatoms. The van der Waals surface area contributed by atoms with Crippen LogP contribution in [0.4, 0.5) is 5.69 Å². The van der Waals surface area contributed by atoms with Crippen LogP contribution in [-0.2, 0) is 9.59 Å². The summed E-state index contributed by atoms with van der Waals surface area (Å²) < 4.78 is 1.82. The van der Waals surface area contributed by atoms with E-state index in [0.29, 0.717) is 24.0 Å². The maximum atomic E-state index is 12.3. The second-order valence-corrected chi connectivity index (χ2v) is 9.98. The number of benzene rings is 1. The number of thiazole rings is 1. The van der Waals surface area contributed by atoms with Crippen molar-refractivity contribution in [3.05, 3.63) is 35.7 Å². The SMILES string of the molecule is CCN(CC)C(=O)CSc1nc2ccc(NC(=O)CSc3nc(C)cc(C)n3)cc2s1. The van der Waals surface area contributed by atoms with E-state index in [-0.39, 0.29) is 17.6 Å². The van der Waals surface area contributed by atoms with Crippen LogP contribution in [0.15, 0.2) is 33.8 Å². The molecule has 0 radical (unpaired) electrons. The Morgan fingerprint density at radius 2 is 1.71 bits per heavy atom. The molecule has 1 N–H and O–H groups in total. The van der Waals surface area contributed by atoms with Gasteiger partial charge in [-0.2, -0.15) is 0 Å². The van der Waals surface area contributed by atoms with Crippen molar-refractivity contribution in [2.45, 2.75) is 37.2 Å². The van der Waals surface area contributed by atoms with Crippen molar-refractivity contribution in [3.63, 3.8) is 0 Å². The third kappa shape index (κ3) is 6.65. The van der Waals surface area contributed by atoms with Crippen LogP contribution in [0.1, 0.15) is 25.2 Å². The van der Waals surface area contributed by atoms with Gasteiger partial charge >= 0.3 is 0 Å². The quantitative estimate of drug-likeness (QED) is 0.363. The zero-order valence-electron chi connectivity index (χ0n) is 18.0. The molecule has 7 nitrogen and oxygen atoms in total. The lowest BCUT2D eigenvalue weighted by molar-refractivity contribution is -0.128. The average Bonchev–Trinajstić information content (AvgIpc) is 3.13. The predicted molar refractivity (Wildman–Crippen MR) is 129 cm³/mol. The number of carbonyl (C=O) groups is 2. The number of carbonyl (C=O) groups excluding carboxylic acids is 2. The first-order valence-corrected chi connectivity index (χ1v) is 12.7. The summed E-state index contributed by atoms with van der Waals surface area (Å²) >= 11 is 4.29. The maximum absolute atomic E-state index is 12.3. The summed E-state index contributed by atoms with van der Waals surface area (Å²) in [4.78, 5) is 39.6. The molecule has 0 spiro atoms. The van der Waals surface area contributed by atoms with Crippen molar-refractivity contribution in [3.8, 4) is 0 Å². The molecule has 3 rings (SSSR count). The first-order valence-electron chi connectivity index (χ1n) is 9.94. The molecule has 164 valence electrons. The van der Waals surface area contributed by atoms with Gasteiger partial charge in [0.1, 0.15) is 0 Å². The maximum Gasteiger partial charge on any atom is 0.234 e. The molecule has 0 saturated carbocycles. The van der Waals surface area contributed by atoms with Crippen LogP contribution >= 0.6 is 34.9 Å². The largest absolute Gasteiger partial charge is 0.343 e. The van der Waals surface area contributed by atoms with Gasteiger partial charge in [-0.05, 0) is 52.0 Å². The smallest absolute Gasteiger partial charge is 0.234 e. The number of aromatic nitrogens is 3. The molecular formula is C21H25N5O2S3. The lowest BCUT2D eigenvalue weighted by Crippen LogP contribution is -2.31. The predicted octanol–water partition coefficient (Wildman–Crippen LogP) is 4.39. The van der Waals surface area contributed by atoms with Gasteiger partial charge < -0.3 is 10.2 Å². The van der Waals surface area contributed by atoms with Gasteiger partial charge in [-0.3, -0.25) is 9.59 Å². The van der Waals surface area contributed by atoms with E-state index in [9.17, 15) is 9.59 Å². The van der Waals surface area contributed by atoms with Crippen molar-refractivity contribution < 1.29 is 9.59 Å². The Kier molecular flexibility index (Phi) is 8.28. The van der Waals surface area contributed by atoms with E-state index in [1.807, 2.05) is 56.9 Å². The fourth-order valence-electron chi connectivity index (χ4n) is 2.92. The fourth-order valence-corrected chi connectivity index (χ4v) is 5.68. The number of nitrogens with one attached hydrogen (secondary N) is 1. The average molecular weight is 476 g/mol. The molecule has 2 amide bonds. The summed E-state index contributed by atoms with van der Waals surface area (Å²) in [6, 6.07) is 7.55. The zero-order valence-corrected chi connectivity index (χ0v) is 20.4. The molecule has 2 aromatic heterocycles. The Bertz CT molecular complexity index is 1060.